The van der Waals surface area contributed by atoms with Gasteiger partial charge in [-0.3, -0.25) is 0 Å². The lowest BCUT2D eigenvalue weighted by Gasteiger charge is -2.22. The molecule has 1 saturated heterocycles. The van der Waals surface area contributed by atoms with Gasteiger partial charge in [-0.2, -0.15) is 0 Å². The average molecular weight is 309 g/mol. The van der Waals surface area contributed by atoms with E-state index in [0.29, 0.717) is 11.5 Å². The Morgan fingerprint density at radius 1 is 1.43 bits per heavy atom. The molecule has 0 spiro atoms. The summed E-state index contributed by atoms with van der Waals surface area (Å²) in [6, 6.07) is 6.62. The van der Waals surface area contributed by atoms with Crippen LogP contribution in [0.3, 0.4) is 0 Å². The van der Waals surface area contributed by atoms with E-state index < -0.39 is 9.84 Å². The monoisotopic (exact) mass is 309 g/mol. The van der Waals surface area contributed by atoms with E-state index in [4.69, 9.17) is 4.74 Å². The van der Waals surface area contributed by atoms with Crippen LogP contribution in [0, 0.1) is 5.92 Å². The van der Waals surface area contributed by atoms with Crippen molar-refractivity contribution in [2.75, 3.05) is 24.7 Å². The zero-order valence-corrected chi connectivity index (χ0v) is 13.3. The molecule has 0 radical (unpaired) electrons. The maximum Gasteiger partial charge on any atom is 0.150 e. The Morgan fingerprint density at radius 3 is 3.00 bits per heavy atom. The van der Waals surface area contributed by atoms with Gasteiger partial charge in [0.25, 0.3) is 0 Å². The number of rotatable bonds is 5. The van der Waals surface area contributed by atoms with Gasteiger partial charge in [0.15, 0.2) is 9.84 Å². The smallest absolute Gasteiger partial charge is 0.150 e. The number of sulfone groups is 1. The van der Waals surface area contributed by atoms with E-state index in [9.17, 15) is 8.42 Å². The van der Waals surface area contributed by atoms with Gasteiger partial charge in [-0.25, -0.2) is 8.42 Å². The first-order valence-corrected chi connectivity index (χ1v) is 9.59. The lowest BCUT2D eigenvalue weighted by molar-refractivity contribution is 0.356. The van der Waals surface area contributed by atoms with E-state index in [0.717, 1.165) is 38.2 Å². The Morgan fingerprint density at radius 2 is 2.29 bits per heavy atom. The SMILES string of the molecule is CCNC(CC1CCS(=O)(=O)C1)c1ccc2c(c1)CCO2. The molecule has 2 aliphatic rings. The van der Waals surface area contributed by atoms with E-state index in [2.05, 4.69) is 24.4 Å². The van der Waals surface area contributed by atoms with Crippen molar-refractivity contribution in [3.8, 4) is 5.75 Å². The molecule has 2 aliphatic heterocycles. The number of nitrogens with one attached hydrogen (secondary N) is 1. The van der Waals surface area contributed by atoms with Crippen molar-refractivity contribution in [1.29, 1.82) is 0 Å². The highest BCUT2D eigenvalue weighted by Gasteiger charge is 2.30. The quantitative estimate of drug-likeness (QED) is 0.905. The second kappa shape index (κ2) is 5.97. The predicted octanol–water partition coefficient (Wildman–Crippen LogP) is 2.10. The molecule has 0 amide bonds. The third kappa shape index (κ3) is 3.40. The molecule has 0 bridgehead atoms. The Bertz CT molecular complexity index is 612. The summed E-state index contributed by atoms with van der Waals surface area (Å²) in [7, 11) is -2.80. The molecule has 21 heavy (non-hydrogen) atoms. The molecule has 3 rings (SSSR count). The van der Waals surface area contributed by atoms with Gasteiger partial charge in [-0.1, -0.05) is 19.1 Å². The van der Waals surface area contributed by atoms with Gasteiger partial charge in [-0.05, 0) is 42.5 Å². The van der Waals surface area contributed by atoms with Crippen LogP contribution in [0.5, 0.6) is 5.75 Å². The summed E-state index contributed by atoms with van der Waals surface area (Å²) in [6.07, 6.45) is 2.67. The predicted molar refractivity (Wildman–Crippen MR) is 83.4 cm³/mol. The summed E-state index contributed by atoms with van der Waals surface area (Å²) in [5.41, 5.74) is 2.53. The molecule has 2 unspecified atom stereocenters. The van der Waals surface area contributed by atoms with Crippen LogP contribution < -0.4 is 10.1 Å². The molecule has 2 heterocycles. The van der Waals surface area contributed by atoms with E-state index in [1.54, 1.807) is 0 Å². The summed E-state index contributed by atoms with van der Waals surface area (Å²) < 4.78 is 28.8. The fourth-order valence-corrected chi connectivity index (χ4v) is 5.28. The van der Waals surface area contributed by atoms with E-state index >= 15 is 0 Å². The van der Waals surface area contributed by atoms with Crippen LogP contribution in [0.25, 0.3) is 0 Å². The molecule has 0 aromatic heterocycles. The Kier molecular flexibility index (Phi) is 4.22. The summed E-state index contributed by atoms with van der Waals surface area (Å²) in [5.74, 6) is 1.98. The summed E-state index contributed by atoms with van der Waals surface area (Å²) >= 11 is 0. The van der Waals surface area contributed by atoms with Gasteiger partial charge < -0.3 is 10.1 Å². The molecule has 0 saturated carbocycles. The zero-order chi connectivity index (χ0) is 14.9. The number of fused-ring (bicyclic) bond motifs is 1. The minimum Gasteiger partial charge on any atom is -0.493 e. The summed E-state index contributed by atoms with van der Waals surface area (Å²) in [6.45, 7) is 3.75. The third-order valence-corrected chi connectivity index (χ3v) is 6.30. The maximum absolute atomic E-state index is 11.6. The highest BCUT2D eigenvalue weighted by Crippen LogP contribution is 2.32. The van der Waals surface area contributed by atoms with Crippen LogP contribution in [0.15, 0.2) is 18.2 Å². The first kappa shape index (κ1) is 14.9. The average Bonchev–Trinajstić information content (AvgIpc) is 3.03. The summed E-state index contributed by atoms with van der Waals surface area (Å²) in [5, 5.41) is 3.51. The first-order chi connectivity index (χ1) is 10.1. The lowest BCUT2D eigenvalue weighted by Crippen LogP contribution is -2.24. The Hall–Kier alpha value is -1.07. The Balaban J connectivity index is 1.75. The molecule has 2 atom stereocenters. The minimum atomic E-state index is -2.80. The standard InChI is InChI=1S/C16H23NO3S/c1-2-17-15(9-12-6-8-21(18,19)11-12)13-3-4-16-14(10-13)5-7-20-16/h3-4,10,12,15,17H,2,5-9,11H2,1H3. The van der Waals surface area contributed by atoms with Crippen LogP contribution in [-0.4, -0.2) is 33.1 Å². The molecule has 5 heteroatoms. The second-order valence-electron chi connectivity index (χ2n) is 6.08. The lowest BCUT2D eigenvalue weighted by atomic mass is 9.93. The van der Waals surface area contributed by atoms with Gasteiger partial charge in [-0.15, -0.1) is 0 Å². The van der Waals surface area contributed by atoms with E-state index in [-0.39, 0.29) is 12.0 Å². The molecule has 4 nitrogen and oxygen atoms in total. The molecule has 0 aliphatic carbocycles. The van der Waals surface area contributed by atoms with E-state index in [1.165, 1.54) is 11.1 Å². The minimum absolute atomic E-state index is 0.235. The van der Waals surface area contributed by atoms with Gasteiger partial charge in [0.2, 0.25) is 0 Å². The fourth-order valence-electron chi connectivity index (χ4n) is 3.40. The zero-order valence-electron chi connectivity index (χ0n) is 12.5. The maximum atomic E-state index is 11.6. The number of hydrogen-bond donors (Lipinski definition) is 1. The molecular weight excluding hydrogens is 286 g/mol. The van der Waals surface area contributed by atoms with Crippen molar-refractivity contribution in [3.05, 3.63) is 29.3 Å². The van der Waals surface area contributed by atoms with Gasteiger partial charge >= 0.3 is 0 Å². The van der Waals surface area contributed by atoms with Crippen molar-refractivity contribution < 1.29 is 13.2 Å². The first-order valence-electron chi connectivity index (χ1n) is 7.77. The van der Waals surface area contributed by atoms with Crippen molar-refractivity contribution in [1.82, 2.24) is 5.32 Å². The van der Waals surface area contributed by atoms with Gasteiger partial charge in [0.1, 0.15) is 5.75 Å². The highest BCUT2D eigenvalue weighted by atomic mass is 32.2. The van der Waals surface area contributed by atoms with Crippen LogP contribution in [0.4, 0.5) is 0 Å². The number of benzene rings is 1. The van der Waals surface area contributed by atoms with Crippen molar-refractivity contribution >= 4 is 9.84 Å². The van der Waals surface area contributed by atoms with Crippen molar-refractivity contribution in [2.45, 2.75) is 32.2 Å². The van der Waals surface area contributed by atoms with Crippen molar-refractivity contribution in [3.63, 3.8) is 0 Å². The fraction of sp³-hybridized carbons (Fsp3) is 0.625. The van der Waals surface area contributed by atoms with Crippen LogP contribution in [-0.2, 0) is 16.3 Å². The van der Waals surface area contributed by atoms with Crippen LogP contribution >= 0.6 is 0 Å². The molecule has 1 fully saturated rings. The second-order valence-corrected chi connectivity index (χ2v) is 8.31. The van der Waals surface area contributed by atoms with Crippen molar-refractivity contribution in [2.24, 2.45) is 5.92 Å². The van der Waals surface area contributed by atoms with Gasteiger partial charge in [0, 0.05) is 12.5 Å². The summed E-state index contributed by atoms with van der Waals surface area (Å²) in [4.78, 5) is 0. The van der Waals surface area contributed by atoms with Gasteiger partial charge in [0.05, 0.1) is 18.1 Å². The number of hydrogen-bond acceptors (Lipinski definition) is 4. The Labute approximate surface area is 126 Å². The molecular formula is C16H23NO3S. The van der Waals surface area contributed by atoms with Crippen LogP contribution in [0.1, 0.15) is 36.9 Å². The topological polar surface area (TPSA) is 55.4 Å². The molecule has 116 valence electrons. The largest absolute Gasteiger partial charge is 0.493 e. The highest BCUT2D eigenvalue weighted by molar-refractivity contribution is 7.91. The van der Waals surface area contributed by atoms with Crippen LogP contribution in [0.2, 0.25) is 0 Å². The normalized spacial score (nSPS) is 24.5. The number of ether oxygens (including phenoxy) is 1. The molecule has 1 N–H and O–H groups in total. The van der Waals surface area contributed by atoms with E-state index in [1.807, 2.05) is 6.07 Å². The third-order valence-electron chi connectivity index (χ3n) is 4.46. The molecule has 1 aromatic carbocycles. The molecule has 1 aromatic rings.